The third-order valence-corrected chi connectivity index (χ3v) is 4.27. The number of fused-ring (bicyclic) bond motifs is 1. The molecule has 2 aliphatic rings. The number of benzene rings is 1. The lowest BCUT2D eigenvalue weighted by atomic mass is 9.97. The van der Waals surface area contributed by atoms with Gasteiger partial charge in [-0.3, -0.25) is 0 Å². The van der Waals surface area contributed by atoms with Crippen LogP contribution in [0.1, 0.15) is 38.3 Å². The molecule has 0 saturated heterocycles. The van der Waals surface area contributed by atoms with E-state index in [1.54, 1.807) is 16.8 Å². The number of hydrogen-bond donors (Lipinski definition) is 1. The zero-order valence-corrected chi connectivity index (χ0v) is 15.3. The Morgan fingerprint density at radius 2 is 2.00 bits per heavy atom. The molecule has 0 unspecified atom stereocenters. The molecule has 1 aromatic rings. The van der Waals surface area contributed by atoms with Crippen molar-refractivity contribution in [3.05, 3.63) is 35.4 Å². The topological polar surface area (TPSA) is 61.9 Å². The second-order valence-corrected chi connectivity index (χ2v) is 7.58. The Morgan fingerprint density at radius 1 is 1.24 bits per heavy atom. The third-order valence-electron chi connectivity index (χ3n) is 4.27. The van der Waals surface area contributed by atoms with E-state index in [1.165, 1.54) is 0 Å². The van der Waals surface area contributed by atoms with E-state index < -0.39 is 5.60 Å². The van der Waals surface area contributed by atoms with Crippen molar-refractivity contribution >= 4 is 23.4 Å². The quantitative estimate of drug-likeness (QED) is 0.846. The molecule has 0 spiro atoms. The highest BCUT2D eigenvalue weighted by Crippen LogP contribution is 2.29. The van der Waals surface area contributed by atoms with E-state index in [-0.39, 0.29) is 12.1 Å². The van der Waals surface area contributed by atoms with Crippen LogP contribution in [-0.2, 0) is 11.3 Å². The maximum atomic E-state index is 12.3. The van der Waals surface area contributed by atoms with Crippen LogP contribution in [0.2, 0.25) is 0 Å². The van der Waals surface area contributed by atoms with Gasteiger partial charge in [0.15, 0.2) is 0 Å². The maximum Gasteiger partial charge on any atom is 0.410 e. The number of nitrogens with one attached hydrogen (secondary N) is 1. The Morgan fingerprint density at radius 3 is 2.72 bits per heavy atom. The van der Waals surface area contributed by atoms with E-state index in [1.807, 2.05) is 32.9 Å². The summed E-state index contributed by atoms with van der Waals surface area (Å²) < 4.78 is 5.48. The smallest absolute Gasteiger partial charge is 0.410 e. The Bertz CT molecular complexity index is 734. The Hall–Kier alpha value is -2.50. The molecule has 0 aromatic heterocycles. The molecule has 2 heterocycles. The molecule has 6 nitrogen and oxygen atoms in total. The van der Waals surface area contributed by atoms with Crippen molar-refractivity contribution < 1.29 is 14.3 Å². The fourth-order valence-corrected chi connectivity index (χ4v) is 3.02. The van der Waals surface area contributed by atoms with E-state index in [4.69, 9.17) is 4.74 Å². The van der Waals surface area contributed by atoms with Crippen LogP contribution in [0.3, 0.4) is 0 Å². The zero-order chi connectivity index (χ0) is 18.2. The largest absolute Gasteiger partial charge is 0.444 e. The summed E-state index contributed by atoms with van der Waals surface area (Å²) in [5, 5.41) is 2.88. The van der Waals surface area contributed by atoms with Crippen molar-refractivity contribution in [1.29, 1.82) is 0 Å². The first-order valence-electron chi connectivity index (χ1n) is 8.55. The number of nitrogens with zero attached hydrogens (tertiary/aromatic N) is 2. The number of anilines is 1. The molecule has 0 fully saturated rings. The third kappa shape index (κ3) is 3.95. The predicted molar refractivity (Wildman–Crippen MR) is 97.3 cm³/mol. The van der Waals surface area contributed by atoms with E-state index in [0.29, 0.717) is 19.6 Å². The fraction of sp³-hybridized carbons (Fsp3) is 0.474. The zero-order valence-electron chi connectivity index (χ0n) is 15.3. The van der Waals surface area contributed by atoms with Gasteiger partial charge in [0, 0.05) is 32.4 Å². The summed E-state index contributed by atoms with van der Waals surface area (Å²) in [4.78, 5) is 27.4. The lowest BCUT2D eigenvalue weighted by Gasteiger charge is -2.31. The van der Waals surface area contributed by atoms with Crippen molar-refractivity contribution in [2.75, 3.05) is 25.5 Å². The van der Waals surface area contributed by atoms with Crippen molar-refractivity contribution in [3.8, 4) is 0 Å². The number of urea groups is 1. The monoisotopic (exact) mass is 343 g/mol. The van der Waals surface area contributed by atoms with Crippen LogP contribution in [0.5, 0.6) is 0 Å². The maximum absolute atomic E-state index is 12.3. The molecule has 2 aliphatic heterocycles. The van der Waals surface area contributed by atoms with Gasteiger partial charge in [-0.1, -0.05) is 12.1 Å². The molecule has 0 saturated carbocycles. The number of rotatable bonds is 1. The molecule has 134 valence electrons. The fourth-order valence-electron chi connectivity index (χ4n) is 3.02. The van der Waals surface area contributed by atoms with Crippen LogP contribution in [0.4, 0.5) is 15.3 Å². The minimum atomic E-state index is -0.493. The molecule has 3 rings (SSSR count). The van der Waals surface area contributed by atoms with Gasteiger partial charge in [0.1, 0.15) is 5.60 Å². The van der Waals surface area contributed by atoms with E-state index in [0.717, 1.165) is 28.8 Å². The van der Waals surface area contributed by atoms with E-state index in [9.17, 15) is 9.59 Å². The Balaban J connectivity index is 1.76. The molecule has 0 bridgehead atoms. The number of hydrogen-bond acceptors (Lipinski definition) is 3. The molecule has 1 aromatic carbocycles. The summed E-state index contributed by atoms with van der Waals surface area (Å²) in [5.74, 6) is 0. The van der Waals surface area contributed by atoms with Gasteiger partial charge in [0.2, 0.25) is 0 Å². The Labute approximate surface area is 148 Å². The molecule has 0 radical (unpaired) electrons. The summed E-state index contributed by atoms with van der Waals surface area (Å²) in [6.07, 6.45) is 2.71. The van der Waals surface area contributed by atoms with Crippen LogP contribution < -0.4 is 5.32 Å². The lowest BCUT2D eigenvalue weighted by Crippen LogP contribution is -2.39. The van der Waals surface area contributed by atoms with Crippen LogP contribution in [-0.4, -0.2) is 47.7 Å². The molecule has 0 atom stereocenters. The second kappa shape index (κ2) is 6.43. The van der Waals surface area contributed by atoms with Gasteiger partial charge >= 0.3 is 12.1 Å². The number of carbonyl (C=O) groups is 2. The lowest BCUT2D eigenvalue weighted by molar-refractivity contribution is 0.0273. The van der Waals surface area contributed by atoms with Crippen molar-refractivity contribution in [2.24, 2.45) is 0 Å². The second-order valence-electron chi connectivity index (χ2n) is 7.58. The van der Waals surface area contributed by atoms with Crippen LogP contribution in [0, 0.1) is 0 Å². The van der Waals surface area contributed by atoms with Crippen LogP contribution in [0.25, 0.3) is 5.57 Å². The molecular formula is C19H25N3O3. The van der Waals surface area contributed by atoms with Crippen molar-refractivity contribution in [2.45, 2.75) is 39.3 Å². The van der Waals surface area contributed by atoms with Gasteiger partial charge in [0.25, 0.3) is 0 Å². The van der Waals surface area contributed by atoms with E-state index in [2.05, 4.69) is 17.5 Å². The highest BCUT2D eigenvalue weighted by molar-refractivity contribution is 5.92. The summed E-state index contributed by atoms with van der Waals surface area (Å²) in [5.41, 5.74) is 3.63. The predicted octanol–water partition coefficient (Wildman–Crippen LogP) is 3.69. The van der Waals surface area contributed by atoms with Gasteiger partial charge in [-0.2, -0.15) is 0 Å². The summed E-state index contributed by atoms with van der Waals surface area (Å²) in [6.45, 7) is 7.41. The standard InChI is InChI=1S/C19H25N3O3/c1-19(2,3)25-18(24)22-9-5-6-14(12-22)13-7-8-16-15(10-13)11-21(4)17(23)20-16/h6-8,10H,5,9,11-12H2,1-4H3,(H,20,23). The Kier molecular flexibility index (Phi) is 4.45. The van der Waals surface area contributed by atoms with Gasteiger partial charge < -0.3 is 19.9 Å². The highest BCUT2D eigenvalue weighted by atomic mass is 16.6. The minimum Gasteiger partial charge on any atom is -0.444 e. The normalized spacial score (nSPS) is 17.6. The number of ether oxygens (including phenoxy) is 1. The van der Waals surface area contributed by atoms with Gasteiger partial charge in [-0.05, 0) is 56.0 Å². The van der Waals surface area contributed by atoms with Gasteiger partial charge in [0.05, 0.1) is 0 Å². The number of amides is 3. The molecule has 3 amide bonds. The highest BCUT2D eigenvalue weighted by Gasteiger charge is 2.25. The first kappa shape index (κ1) is 17.3. The van der Waals surface area contributed by atoms with Crippen molar-refractivity contribution in [1.82, 2.24) is 9.80 Å². The molecular weight excluding hydrogens is 318 g/mol. The van der Waals surface area contributed by atoms with Gasteiger partial charge in [-0.25, -0.2) is 9.59 Å². The van der Waals surface area contributed by atoms with E-state index >= 15 is 0 Å². The molecule has 6 heteroatoms. The first-order valence-corrected chi connectivity index (χ1v) is 8.55. The van der Waals surface area contributed by atoms with Gasteiger partial charge in [-0.15, -0.1) is 0 Å². The van der Waals surface area contributed by atoms with Crippen molar-refractivity contribution in [3.63, 3.8) is 0 Å². The summed E-state index contributed by atoms with van der Waals surface area (Å²) >= 11 is 0. The SMILES string of the molecule is CN1Cc2cc(C3=CCCN(C(=O)OC(C)(C)C)C3)ccc2NC1=O. The average Bonchev–Trinajstić information content (AvgIpc) is 2.54. The van der Waals surface area contributed by atoms with Crippen LogP contribution >= 0.6 is 0 Å². The summed E-state index contributed by atoms with van der Waals surface area (Å²) in [6, 6.07) is 5.93. The number of carbonyl (C=O) groups excluding carboxylic acids is 2. The first-order chi connectivity index (χ1) is 11.7. The minimum absolute atomic E-state index is 0.0896. The molecule has 1 N–H and O–H groups in total. The molecule has 25 heavy (non-hydrogen) atoms. The molecule has 0 aliphatic carbocycles. The van der Waals surface area contributed by atoms with Crippen LogP contribution in [0.15, 0.2) is 24.3 Å². The average molecular weight is 343 g/mol. The summed E-state index contributed by atoms with van der Waals surface area (Å²) in [7, 11) is 1.77.